The molecule has 0 aliphatic heterocycles. The van der Waals surface area contributed by atoms with Crippen LogP contribution in [0.4, 0.5) is 0 Å². The molecule has 0 amide bonds. The highest BCUT2D eigenvalue weighted by molar-refractivity contribution is 7.81. The van der Waals surface area contributed by atoms with Gasteiger partial charge in [-0.1, -0.05) is 0 Å². The minimum absolute atomic E-state index is 3.05. The molecular formula is C2H6O15S4. The lowest BCUT2D eigenvalue weighted by atomic mass is 10.6. The molecule has 21 heavy (non-hydrogen) atoms. The van der Waals surface area contributed by atoms with Crippen LogP contribution in [0.1, 0.15) is 0 Å². The zero-order valence-corrected chi connectivity index (χ0v) is 12.3. The van der Waals surface area contributed by atoms with Crippen molar-refractivity contribution in [2.24, 2.45) is 0 Å². The SMILES string of the molecule is O=S(O)OC(OS(=O)(=O)O)C(OS(=O)(=O)O)OS(=O)(=O)O. The van der Waals surface area contributed by atoms with Gasteiger partial charge in [-0.25, -0.2) is 16.7 Å². The smallest absolute Gasteiger partial charge is 0.284 e. The van der Waals surface area contributed by atoms with Crippen molar-refractivity contribution in [3.63, 3.8) is 0 Å². The summed E-state index contributed by atoms with van der Waals surface area (Å²) in [6.07, 6.45) is -6.21. The summed E-state index contributed by atoms with van der Waals surface area (Å²) in [6, 6.07) is 0. The van der Waals surface area contributed by atoms with E-state index in [2.05, 4.69) is 16.7 Å². The van der Waals surface area contributed by atoms with Gasteiger partial charge in [-0.05, 0) is 0 Å². The molecule has 0 radical (unpaired) electrons. The van der Waals surface area contributed by atoms with Crippen LogP contribution in [0.3, 0.4) is 0 Å². The Kier molecular flexibility index (Phi) is 7.18. The summed E-state index contributed by atoms with van der Waals surface area (Å²) in [5.74, 6) is 0. The Labute approximate surface area is 120 Å². The summed E-state index contributed by atoms with van der Waals surface area (Å²) in [6.45, 7) is 0. The second-order valence-electron chi connectivity index (χ2n) is 2.62. The van der Waals surface area contributed by atoms with Crippen LogP contribution >= 0.6 is 0 Å². The van der Waals surface area contributed by atoms with Crippen LogP contribution in [-0.4, -0.2) is 60.3 Å². The van der Waals surface area contributed by atoms with E-state index in [-0.39, 0.29) is 0 Å². The first-order valence-electron chi connectivity index (χ1n) is 3.84. The predicted octanol–water partition coefficient (Wildman–Crippen LogP) is -2.75. The summed E-state index contributed by atoms with van der Waals surface area (Å²) in [5.41, 5.74) is 0. The average molecular weight is 398 g/mol. The Morgan fingerprint density at radius 2 is 1.00 bits per heavy atom. The zero-order chi connectivity index (χ0) is 17.1. The minimum atomic E-state index is -5.55. The van der Waals surface area contributed by atoms with E-state index in [1.165, 1.54) is 0 Å². The maximum atomic E-state index is 10.4. The van der Waals surface area contributed by atoms with Crippen molar-refractivity contribution in [3.8, 4) is 0 Å². The van der Waals surface area contributed by atoms with Gasteiger partial charge >= 0.3 is 42.6 Å². The maximum absolute atomic E-state index is 10.4. The molecule has 2 unspecified atom stereocenters. The van der Waals surface area contributed by atoms with Gasteiger partial charge < -0.3 is 0 Å². The molecule has 0 heterocycles. The van der Waals surface area contributed by atoms with E-state index in [9.17, 15) is 29.5 Å². The fourth-order valence-corrected chi connectivity index (χ4v) is 2.16. The van der Waals surface area contributed by atoms with Gasteiger partial charge in [-0.3, -0.25) is 18.2 Å². The molecule has 2 atom stereocenters. The summed E-state index contributed by atoms with van der Waals surface area (Å²) in [7, 11) is -16.6. The Balaban J connectivity index is 5.58. The van der Waals surface area contributed by atoms with Gasteiger partial charge in [0.1, 0.15) is 0 Å². The van der Waals surface area contributed by atoms with E-state index in [1.54, 1.807) is 0 Å². The highest BCUT2D eigenvalue weighted by atomic mass is 32.3. The van der Waals surface area contributed by atoms with E-state index in [0.717, 1.165) is 0 Å². The van der Waals surface area contributed by atoms with E-state index < -0.39 is 55.1 Å². The molecule has 0 aromatic rings. The fraction of sp³-hybridized carbons (Fsp3) is 1.00. The van der Waals surface area contributed by atoms with Gasteiger partial charge in [-0.15, -0.1) is 0 Å². The van der Waals surface area contributed by atoms with Crippen molar-refractivity contribution in [2.75, 3.05) is 0 Å². The second kappa shape index (κ2) is 7.30. The van der Waals surface area contributed by atoms with Crippen LogP contribution in [0.25, 0.3) is 0 Å². The lowest BCUT2D eigenvalue weighted by Crippen LogP contribution is -2.40. The van der Waals surface area contributed by atoms with E-state index >= 15 is 0 Å². The van der Waals surface area contributed by atoms with Gasteiger partial charge in [0, 0.05) is 0 Å². The van der Waals surface area contributed by atoms with E-state index in [1.807, 2.05) is 0 Å². The van der Waals surface area contributed by atoms with Crippen LogP contribution in [0, 0.1) is 0 Å². The molecule has 0 aromatic carbocycles. The Morgan fingerprint density at radius 3 is 1.24 bits per heavy atom. The summed E-state index contributed by atoms with van der Waals surface area (Å²) < 4.78 is 120. The van der Waals surface area contributed by atoms with Crippen molar-refractivity contribution >= 4 is 42.6 Å². The normalized spacial score (nSPS) is 16.8. The average Bonchev–Trinajstić information content (AvgIpc) is 2.07. The number of rotatable bonds is 9. The van der Waals surface area contributed by atoms with Crippen LogP contribution in [-0.2, 0) is 59.3 Å². The summed E-state index contributed by atoms with van der Waals surface area (Å²) >= 11 is -3.42. The molecule has 0 bridgehead atoms. The Hall–Kier alpha value is -0.320. The third kappa shape index (κ3) is 12.0. The molecule has 15 nitrogen and oxygen atoms in total. The molecule has 0 aliphatic carbocycles. The second-order valence-corrected chi connectivity index (χ2v) is 6.39. The molecule has 0 aliphatic rings. The standard InChI is InChI=1S/C2H6O15S4/c3-18(4)14-1(15-19(5,6)7)2(16-20(8,9)10)17-21(11,12)13/h1-2H,(H,3,4)(H,5,6,7)(H,8,9,10)(H,11,12,13). The highest BCUT2D eigenvalue weighted by Crippen LogP contribution is 2.15. The van der Waals surface area contributed by atoms with Crippen molar-refractivity contribution in [1.82, 2.24) is 0 Å². The Bertz CT molecular complexity index is 631. The quantitative estimate of drug-likeness (QED) is 0.175. The lowest BCUT2D eigenvalue weighted by molar-refractivity contribution is -0.154. The largest absolute Gasteiger partial charge is 0.400 e. The molecule has 0 saturated heterocycles. The molecule has 128 valence electrons. The first-order valence-corrected chi connectivity index (χ1v) is 8.97. The highest BCUT2D eigenvalue weighted by Gasteiger charge is 2.38. The Morgan fingerprint density at radius 1 is 0.714 bits per heavy atom. The molecular weight excluding hydrogens is 392 g/mol. The van der Waals surface area contributed by atoms with Crippen LogP contribution < -0.4 is 0 Å². The third-order valence-corrected chi connectivity index (χ3v) is 2.70. The zero-order valence-electron chi connectivity index (χ0n) is 9.07. The van der Waals surface area contributed by atoms with Crippen LogP contribution in [0.15, 0.2) is 0 Å². The molecule has 0 spiro atoms. The minimum Gasteiger partial charge on any atom is -0.284 e. The third-order valence-electron chi connectivity index (χ3n) is 1.05. The predicted molar refractivity (Wildman–Crippen MR) is 57.3 cm³/mol. The molecule has 0 aromatic heterocycles. The van der Waals surface area contributed by atoms with E-state index in [4.69, 9.17) is 18.2 Å². The molecule has 0 rings (SSSR count). The van der Waals surface area contributed by atoms with Crippen molar-refractivity contribution in [1.29, 1.82) is 0 Å². The maximum Gasteiger partial charge on any atom is 0.400 e. The first kappa shape index (κ1) is 20.7. The number of hydrogen-bond acceptors (Lipinski definition) is 11. The number of hydrogen-bond donors (Lipinski definition) is 4. The monoisotopic (exact) mass is 398 g/mol. The van der Waals surface area contributed by atoms with Crippen molar-refractivity contribution in [2.45, 2.75) is 12.6 Å². The van der Waals surface area contributed by atoms with Crippen molar-refractivity contribution < 1.29 is 64.4 Å². The van der Waals surface area contributed by atoms with Gasteiger partial charge in [0.25, 0.3) is 6.29 Å². The van der Waals surface area contributed by atoms with Gasteiger partial charge in [0.2, 0.25) is 6.29 Å². The fourth-order valence-electron chi connectivity index (χ4n) is 0.654. The molecule has 0 saturated carbocycles. The molecule has 0 fully saturated rings. The summed E-state index contributed by atoms with van der Waals surface area (Å²) in [5, 5.41) is 0. The van der Waals surface area contributed by atoms with Crippen molar-refractivity contribution in [3.05, 3.63) is 0 Å². The molecule has 19 heteroatoms. The van der Waals surface area contributed by atoms with Gasteiger partial charge in [0.05, 0.1) is 0 Å². The van der Waals surface area contributed by atoms with Crippen LogP contribution in [0.2, 0.25) is 0 Å². The first-order chi connectivity index (χ1) is 9.09. The topological polar surface area (TPSA) is 237 Å². The van der Waals surface area contributed by atoms with Gasteiger partial charge in [-0.2, -0.15) is 29.5 Å². The summed E-state index contributed by atoms with van der Waals surface area (Å²) in [4.78, 5) is 0. The van der Waals surface area contributed by atoms with Crippen LogP contribution in [0.5, 0.6) is 0 Å². The lowest BCUT2D eigenvalue weighted by Gasteiger charge is -2.20. The molecule has 4 N–H and O–H groups in total. The van der Waals surface area contributed by atoms with Gasteiger partial charge in [0.15, 0.2) is 0 Å². The van der Waals surface area contributed by atoms with E-state index in [0.29, 0.717) is 0 Å².